The molecule has 0 fully saturated rings. The predicted octanol–water partition coefficient (Wildman–Crippen LogP) is 1.89. The molecule has 2 N–H and O–H groups in total. The number of nitrogens with zero attached hydrogens (tertiary/aromatic N) is 1. The normalized spacial score (nSPS) is 11.6. The van der Waals surface area contributed by atoms with Gasteiger partial charge in [0, 0.05) is 13.5 Å². The van der Waals surface area contributed by atoms with E-state index in [1.807, 2.05) is 38.1 Å². The van der Waals surface area contributed by atoms with Gasteiger partial charge in [0.05, 0.1) is 12.5 Å². The zero-order valence-electron chi connectivity index (χ0n) is 13.8. The first-order chi connectivity index (χ1) is 10.8. The maximum atomic E-state index is 12.4. The summed E-state index contributed by atoms with van der Waals surface area (Å²) < 4.78 is 0. The standard InChI is InChI=1S/C17H24N2O4/c1-4-9-19(11-17(22)23)16(21)10-15(18-13(3)20)14-7-5-12(2)6-8-14/h5-8,15H,4,9-11H2,1-3H3,(H,18,20)(H,22,23). The van der Waals surface area contributed by atoms with E-state index in [-0.39, 0.29) is 24.8 Å². The third kappa shape index (κ3) is 6.50. The van der Waals surface area contributed by atoms with Gasteiger partial charge < -0.3 is 15.3 Å². The Kier molecular flexibility index (Phi) is 7.25. The highest BCUT2D eigenvalue weighted by Crippen LogP contribution is 2.19. The molecule has 0 saturated carbocycles. The first-order valence-corrected chi connectivity index (χ1v) is 7.66. The van der Waals surface area contributed by atoms with E-state index < -0.39 is 12.0 Å². The third-order valence-corrected chi connectivity index (χ3v) is 3.41. The van der Waals surface area contributed by atoms with Crippen LogP contribution in [0.2, 0.25) is 0 Å². The lowest BCUT2D eigenvalue weighted by molar-refractivity contribution is -0.144. The molecule has 1 rings (SSSR count). The predicted molar refractivity (Wildman–Crippen MR) is 86.9 cm³/mol. The van der Waals surface area contributed by atoms with E-state index in [9.17, 15) is 14.4 Å². The van der Waals surface area contributed by atoms with Crippen molar-refractivity contribution in [2.24, 2.45) is 0 Å². The number of benzene rings is 1. The van der Waals surface area contributed by atoms with Crippen molar-refractivity contribution in [3.8, 4) is 0 Å². The number of amides is 2. The van der Waals surface area contributed by atoms with Gasteiger partial charge in [-0.2, -0.15) is 0 Å². The second-order valence-corrected chi connectivity index (χ2v) is 5.58. The van der Waals surface area contributed by atoms with Gasteiger partial charge >= 0.3 is 5.97 Å². The van der Waals surface area contributed by atoms with Crippen LogP contribution in [0.25, 0.3) is 0 Å². The van der Waals surface area contributed by atoms with Crippen molar-refractivity contribution in [2.75, 3.05) is 13.1 Å². The molecular weight excluding hydrogens is 296 g/mol. The van der Waals surface area contributed by atoms with Gasteiger partial charge in [-0.15, -0.1) is 0 Å². The molecule has 6 nitrogen and oxygen atoms in total. The highest BCUT2D eigenvalue weighted by Gasteiger charge is 2.22. The number of carboxylic acid groups (broad SMARTS) is 1. The summed E-state index contributed by atoms with van der Waals surface area (Å²) in [5.41, 5.74) is 1.91. The van der Waals surface area contributed by atoms with E-state index >= 15 is 0 Å². The Balaban J connectivity index is 2.90. The molecule has 0 radical (unpaired) electrons. The van der Waals surface area contributed by atoms with Crippen molar-refractivity contribution in [3.05, 3.63) is 35.4 Å². The second kappa shape index (κ2) is 8.92. The van der Waals surface area contributed by atoms with Crippen molar-refractivity contribution in [2.45, 2.75) is 39.7 Å². The molecule has 2 amide bonds. The Morgan fingerprint density at radius 2 is 1.83 bits per heavy atom. The number of hydrogen-bond donors (Lipinski definition) is 2. The largest absolute Gasteiger partial charge is 0.480 e. The Labute approximate surface area is 136 Å². The van der Waals surface area contributed by atoms with Gasteiger partial charge in [-0.3, -0.25) is 14.4 Å². The molecule has 0 aliphatic heterocycles. The number of carboxylic acids is 1. The molecule has 0 saturated heterocycles. The fourth-order valence-corrected chi connectivity index (χ4v) is 2.33. The Morgan fingerprint density at radius 3 is 2.30 bits per heavy atom. The van der Waals surface area contributed by atoms with E-state index in [4.69, 9.17) is 5.11 Å². The number of aryl methyl sites for hydroxylation is 1. The number of aliphatic carboxylic acids is 1. The fourth-order valence-electron chi connectivity index (χ4n) is 2.33. The van der Waals surface area contributed by atoms with Crippen LogP contribution in [0.3, 0.4) is 0 Å². The summed E-state index contributed by atoms with van der Waals surface area (Å²) >= 11 is 0. The molecule has 1 aromatic rings. The third-order valence-electron chi connectivity index (χ3n) is 3.41. The Bertz CT molecular complexity index is 554. The summed E-state index contributed by atoms with van der Waals surface area (Å²) in [6.07, 6.45) is 0.713. The smallest absolute Gasteiger partial charge is 0.323 e. The number of nitrogens with one attached hydrogen (secondary N) is 1. The van der Waals surface area contributed by atoms with E-state index in [0.29, 0.717) is 13.0 Å². The number of carbonyl (C=O) groups excluding carboxylic acids is 2. The molecule has 6 heteroatoms. The fraction of sp³-hybridized carbons (Fsp3) is 0.471. The highest BCUT2D eigenvalue weighted by molar-refractivity contribution is 5.82. The molecule has 23 heavy (non-hydrogen) atoms. The minimum atomic E-state index is -1.04. The lowest BCUT2D eigenvalue weighted by Gasteiger charge is -2.24. The summed E-state index contributed by atoms with van der Waals surface area (Å²) in [4.78, 5) is 36.0. The summed E-state index contributed by atoms with van der Waals surface area (Å²) in [6.45, 7) is 5.29. The number of carbonyl (C=O) groups is 3. The Hall–Kier alpha value is -2.37. The second-order valence-electron chi connectivity index (χ2n) is 5.58. The van der Waals surface area contributed by atoms with E-state index in [0.717, 1.165) is 11.1 Å². The van der Waals surface area contributed by atoms with Gasteiger partial charge in [0.1, 0.15) is 6.54 Å². The topological polar surface area (TPSA) is 86.7 Å². The molecule has 0 heterocycles. The average molecular weight is 320 g/mol. The molecular formula is C17H24N2O4. The highest BCUT2D eigenvalue weighted by atomic mass is 16.4. The van der Waals surface area contributed by atoms with Crippen molar-refractivity contribution in [1.29, 1.82) is 0 Å². The van der Waals surface area contributed by atoms with Gasteiger partial charge in [0.25, 0.3) is 0 Å². The molecule has 0 spiro atoms. The average Bonchev–Trinajstić information content (AvgIpc) is 2.46. The maximum absolute atomic E-state index is 12.4. The molecule has 0 aliphatic rings. The summed E-state index contributed by atoms with van der Waals surface area (Å²) in [5, 5.41) is 11.7. The van der Waals surface area contributed by atoms with Crippen LogP contribution < -0.4 is 5.32 Å². The van der Waals surface area contributed by atoms with Crippen LogP contribution in [0.1, 0.15) is 43.9 Å². The lowest BCUT2D eigenvalue weighted by Crippen LogP contribution is -2.39. The van der Waals surface area contributed by atoms with Crippen LogP contribution >= 0.6 is 0 Å². The molecule has 0 bridgehead atoms. The van der Waals surface area contributed by atoms with Gasteiger partial charge in [0.2, 0.25) is 11.8 Å². The Morgan fingerprint density at radius 1 is 1.22 bits per heavy atom. The van der Waals surface area contributed by atoms with Crippen LogP contribution in [-0.4, -0.2) is 40.9 Å². The van der Waals surface area contributed by atoms with Crippen LogP contribution in [-0.2, 0) is 14.4 Å². The number of rotatable bonds is 8. The van der Waals surface area contributed by atoms with Crippen molar-refractivity contribution < 1.29 is 19.5 Å². The minimum absolute atomic E-state index is 0.0376. The van der Waals surface area contributed by atoms with E-state index in [2.05, 4.69) is 5.32 Å². The molecule has 126 valence electrons. The van der Waals surface area contributed by atoms with Crippen molar-refractivity contribution in [3.63, 3.8) is 0 Å². The first-order valence-electron chi connectivity index (χ1n) is 7.66. The quantitative estimate of drug-likeness (QED) is 0.766. The number of hydrogen-bond acceptors (Lipinski definition) is 3. The van der Waals surface area contributed by atoms with Gasteiger partial charge in [-0.1, -0.05) is 36.8 Å². The molecule has 0 aromatic heterocycles. The molecule has 1 unspecified atom stereocenters. The maximum Gasteiger partial charge on any atom is 0.323 e. The molecule has 1 atom stereocenters. The van der Waals surface area contributed by atoms with Gasteiger partial charge in [-0.05, 0) is 18.9 Å². The monoisotopic (exact) mass is 320 g/mol. The SMILES string of the molecule is CCCN(CC(=O)O)C(=O)CC(NC(C)=O)c1ccc(C)cc1. The van der Waals surface area contributed by atoms with Crippen LogP contribution in [0.4, 0.5) is 0 Å². The first kappa shape index (κ1) is 18.7. The van der Waals surface area contributed by atoms with Gasteiger partial charge in [0.15, 0.2) is 0 Å². The van der Waals surface area contributed by atoms with Crippen LogP contribution in [0, 0.1) is 6.92 Å². The van der Waals surface area contributed by atoms with E-state index in [1.54, 1.807) is 0 Å². The molecule has 1 aromatic carbocycles. The molecule has 0 aliphatic carbocycles. The zero-order valence-corrected chi connectivity index (χ0v) is 13.8. The minimum Gasteiger partial charge on any atom is -0.480 e. The van der Waals surface area contributed by atoms with Gasteiger partial charge in [-0.25, -0.2) is 0 Å². The van der Waals surface area contributed by atoms with Crippen LogP contribution in [0.5, 0.6) is 0 Å². The summed E-state index contributed by atoms with van der Waals surface area (Å²) in [5.74, 6) is -1.56. The lowest BCUT2D eigenvalue weighted by atomic mass is 10.0. The van der Waals surface area contributed by atoms with Crippen molar-refractivity contribution in [1.82, 2.24) is 10.2 Å². The van der Waals surface area contributed by atoms with Crippen LogP contribution in [0.15, 0.2) is 24.3 Å². The van der Waals surface area contributed by atoms with E-state index in [1.165, 1.54) is 11.8 Å². The van der Waals surface area contributed by atoms with Crippen molar-refractivity contribution >= 4 is 17.8 Å². The zero-order chi connectivity index (χ0) is 17.4. The summed E-state index contributed by atoms with van der Waals surface area (Å²) in [6, 6.07) is 7.09. The summed E-state index contributed by atoms with van der Waals surface area (Å²) in [7, 11) is 0.